The van der Waals surface area contributed by atoms with Crippen molar-refractivity contribution < 1.29 is 14.0 Å². The molecule has 2 atom stereocenters. The van der Waals surface area contributed by atoms with Gasteiger partial charge in [0.1, 0.15) is 0 Å². The Bertz CT molecular complexity index is 137. The van der Waals surface area contributed by atoms with Crippen molar-refractivity contribution in [2.24, 2.45) is 5.89 Å². The summed E-state index contributed by atoms with van der Waals surface area (Å²) in [5.41, 5.74) is 0. The molecule has 0 aromatic heterocycles. The van der Waals surface area contributed by atoms with Crippen molar-refractivity contribution in [3.63, 3.8) is 0 Å². The van der Waals surface area contributed by atoms with Gasteiger partial charge in [-0.05, 0) is 6.40 Å². The highest BCUT2D eigenvalue weighted by Gasteiger charge is 2.05. The lowest BCUT2D eigenvalue weighted by molar-refractivity contribution is -0.141. The lowest BCUT2D eigenvalue weighted by Crippen LogP contribution is -2.06. The highest BCUT2D eigenvalue weighted by atomic mass is 16.4. The largest absolute Gasteiger partial charge is 0.481 e. The Balaban J connectivity index is 4.38. The van der Waals surface area contributed by atoms with Crippen molar-refractivity contribution in [3.8, 4) is 0 Å². The van der Waals surface area contributed by atoms with Gasteiger partial charge in [0.05, 0.1) is 5.89 Å². The number of rotatable bonds is 2. The summed E-state index contributed by atoms with van der Waals surface area (Å²) < 4.78 is 20.8. The van der Waals surface area contributed by atoms with E-state index in [9.17, 15) is 4.79 Å². The molecule has 0 aliphatic rings. The molecule has 0 amide bonds. The van der Waals surface area contributed by atoms with Crippen LogP contribution in [0, 0.1) is 5.89 Å². The third-order valence-corrected chi connectivity index (χ3v) is 0.623. The van der Waals surface area contributed by atoms with Crippen LogP contribution in [0.4, 0.5) is 0 Å². The molecule has 2 unspecified atom stereocenters. The maximum Gasteiger partial charge on any atom is 0.306 e. The van der Waals surface area contributed by atoms with Gasteiger partial charge >= 0.3 is 5.97 Å². The van der Waals surface area contributed by atoms with Crippen molar-refractivity contribution in [2.75, 3.05) is 0 Å². The molecule has 0 saturated carbocycles. The van der Waals surface area contributed by atoms with Crippen LogP contribution in [0.15, 0.2) is 0 Å². The summed E-state index contributed by atoms with van der Waals surface area (Å²) in [6.45, 7) is 0.725. The summed E-state index contributed by atoms with van der Waals surface area (Å²) in [4.78, 5) is 10.3. The number of carboxylic acids is 1. The van der Waals surface area contributed by atoms with Crippen LogP contribution in [0.3, 0.4) is 0 Å². The Morgan fingerprint density at radius 1 is 2.43 bits per heavy atom. The van der Waals surface area contributed by atoms with Crippen LogP contribution < -0.4 is 0 Å². The zero-order valence-corrected chi connectivity index (χ0v) is 4.14. The molecule has 7 heavy (non-hydrogen) atoms. The highest BCUT2D eigenvalue weighted by Crippen LogP contribution is 1.97. The van der Waals surface area contributed by atoms with Crippen molar-refractivity contribution >= 4 is 5.97 Å². The first-order chi connectivity index (χ1) is 4.45. The van der Waals surface area contributed by atoms with Gasteiger partial charge in [0.15, 0.2) is 0 Å². The number of hydrogen-bond acceptors (Lipinski definition) is 1. The van der Waals surface area contributed by atoms with Crippen LogP contribution in [-0.4, -0.2) is 11.1 Å². The molecule has 0 aliphatic heterocycles. The molecule has 42 valence electrons. The average Bonchev–Trinajstić information content (AvgIpc) is 1.85. The quantitative estimate of drug-likeness (QED) is 0.571. The minimum absolute atomic E-state index is 0.576. The van der Waals surface area contributed by atoms with Gasteiger partial charge < -0.3 is 5.11 Å². The monoisotopic (exact) mass is 105 g/mol. The maximum atomic E-state index is 10.3. The van der Waals surface area contributed by atoms with E-state index in [2.05, 4.69) is 0 Å². The molecule has 2 nitrogen and oxygen atoms in total. The second kappa shape index (κ2) is 2.61. The smallest absolute Gasteiger partial charge is 0.306 e. The van der Waals surface area contributed by atoms with E-state index < -0.39 is 25.2 Å². The van der Waals surface area contributed by atoms with Gasteiger partial charge in [0.2, 0.25) is 0 Å². The summed E-state index contributed by atoms with van der Waals surface area (Å²) in [5, 5.41) is 8.38. The molecule has 0 spiro atoms. The molecule has 1 N–H and O–H groups in total. The molecular formula is C5H10O2. The molecule has 0 aromatic carbocycles. The summed E-state index contributed by atoms with van der Waals surface area (Å²) in [6, 6.07) is 0. The van der Waals surface area contributed by atoms with Crippen LogP contribution in [-0.2, 0) is 4.79 Å². The van der Waals surface area contributed by atoms with E-state index in [1.807, 2.05) is 0 Å². The van der Waals surface area contributed by atoms with Crippen molar-refractivity contribution in [2.45, 2.75) is 20.2 Å². The second-order valence-corrected chi connectivity index (χ2v) is 1.12. The molecule has 0 saturated heterocycles. The fourth-order valence-electron chi connectivity index (χ4n) is 0.123. The van der Waals surface area contributed by atoms with E-state index in [-0.39, 0.29) is 0 Å². The zero-order valence-electron chi connectivity index (χ0n) is 7.14. The Morgan fingerprint density at radius 3 is 3.00 bits per heavy atom. The third-order valence-electron chi connectivity index (χ3n) is 0.623. The lowest BCUT2D eigenvalue weighted by atomic mass is 10.1. The number of carbonyl (C=O) groups is 1. The van der Waals surface area contributed by atoms with Crippen LogP contribution in [0.25, 0.3) is 0 Å². The number of hydrogen-bond donors (Lipinski definition) is 1. The number of carboxylic acid groups (broad SMARTS) is 1. The Hall–Kier alpha value is -0.530. The molecule has 0 bridgehead atoms. The summed E-state index contributed by atoms with van der Waals surface area (Å²) in [6.07, 6.45) is -1.07. The maximum absolute atomic E-state index is 10.3. The Labute approximate surface area is 47.4 Å². The van der Waals surface area contributed by atoms with Crippen LogP contribution in [0.5, 0.6) is 0 Å². The summed E-state index contributed by atoms with van der Waals surface area (Å²) >= 11 is 0. The van der Waals surface area contributed by atoms with Gasteiger partial charge in [-0.2, -0.15) is 0 Å². The minimum Gasteiger partial charge on any atom is -0.481 e. The molecule has 0 aliphatic carbocycles. The zero-order chi connectivity index (χ0) is 8.36. The molecule has 0 heterocycles. The Kier molecular flexibility index (Phi) is 1.01. The normalized spacial score (nSPS) is 28.4. The van der Waals surface area contributed by atoms with E-state index in [4.69, 9.17) is 9.22 Å². The first-order valence-electron chi connectivity index (χ1n) is 3.68. The lowest BCUT2D eigenvalue weighted by Gasteiger charge is -1.96. The van der Waals surface area contributed by atoms with Gasteiger partial charge in [-0.1, -0.05) is 13.8 Å². The summed E-state index contributed by atoms with van der Waals surface area (Å²) in [7, 11) is 0. The topological polar surface area (TPSA) is 37.3 Å². The predicted molar refractivity (Wildman–Crippen MR) is 27.1 cm³/mol. The van der Waals surface area contributed by atoms with E-state index in [0.29, 0.717) is 0 Å². The molecular weight excluding hydrogens is 92.1 g/mol. The van der Waals surface area contributed by atoms with Crippen LogP contribution >= 0.6 is 0 Å². The number of aliphatic carboxylic acids is 1. The highest BCUT2D eigenvalue weighted by molar-refractivity contribution is 5.69. The average molecular weight is 105 g/mol. The van der Waals surface area contributed by atoms with Gasteiger partial charge in [0, 0.05) is 4.11 Å². The minimum atomic E-state index is -1.96. The SMILES string of the molecule is [2H]CC([2H])(C(=O)O)C([2H])C. The van der Waals surface area contributed by atoms with Gasteiger partial charge in [-0.15, -0.1) is 0 Å². The molecule has 0 rings (SSSR count). The molecule has 0 radical (unpaired) electrons. The molecule has 2 heteroatoms. The molecule has 0 fully saturated rings. The summed E-state index contributed by atoms with van der Waals surface area (Å²) in [5.74, 6) is -3.36. The fraction of sp³-hybridized carbons (Fsp3) is 0.800. The van der Waals surface area contributed by atoms with Gasteiger partial charge in [0.25, 0.3) is 0 Å². The molecule has 0 aromatic rings. The first kappa shape index (κ1) is 2.70. The Morgan fingerprint density at radius 2 is 3.00 bits per heavy atom. The first-order valence-corrected chi connectivity index (χ1v) is 1.90. The third kappa shape index (κ3) is 2.20. The standard InChI is InChI=1S/C5H10O2/c1-3-4(2)5(6)7/h4H,3H2,1-2H3,(H,6,7)/i2D,3D,4D. The van der Waals surface area contributed by atoms with Crippen molar-refractivity contribution in [3.05, 3.63) is 0 Å². The van der Waals surface area contributed by atoms with Gasteiger partial charge in [-0.3, -0.25) is 4.79 Å². The second-order valence-electron chi connectivity index (χ2n) is 1.12. The van der Waals surface area contributed by atoms with E-state index in [1.165, 1.54) is 6.92 Å². The van der Waals surface area contributed by atoms with E-state index in [1.54, 1.807) is 0 Å². The van der Waals surface area contributed by atoms with E-state index >= 15 is 0 Å². The van der Waals surface area contributed by atoms with Gasteiger partial charge in [-0.25, -0.2) is 0 Å². The van der Waals surface area contributed by atoms with E-state index in [0.717, 1.165) is 0 Å². The van der Waals surface area contributed by atoms with Crippen molar-refractivity contribution in [1.29, 1.82) is 0 Å². The van der Waals surface area contributed by atoms with Crippen molar-refractivity contribution in [1.82, 2.24) is 0 Å². The fourth-order valence-corrected chi connectivity index (χ4v) is 0.123. The predicted octanol–water partition coefficient (Wildman–Crippen LogP) is 1.12. The van der Waals surface area contributed by atoms with Crippen LogP contribution in [0.2, 0.25) is 0 Å². The van der Waals surface area contributed by atoms with Crippen LogP contribution in [0.1, 0.15) is 24.3 Å².